The van der Waals surface area contributed by atoms with Gasteiger partial charge in [0.15, 0.2) is 0 Å². The zero-order valence-electron chi connectivity index (χ0n) is 18.2. The number of fused-ring (bicyclic) bond motifs is 1. The Hall–Kier alpha value is -3.67. The van der Waals surface area contributed by atoms with Gasteiger partial charge in [0.25, 0.3) is 0 Å². The Labute approximate surface area is 186 Å². The van der Waals surface area contributed by atoms with E-state index in [4.69, 9.17) is 9.84 Å². The zero-order chi connectivity index (χ0) is 22.1. The van der Waals surface area contributed by atoms with Gasteiger partial charge >= 0.3 is 0 Å². The third-order valence-corrected chi connectivity index (χ3v) is 5.78. The molecule has 4 aromatic rings. The molecule has 5 rings (SSSR count). The summed E-state index contributed by atoms with van der Waals surface area (Å²) in [5, 5.41) is 8.07. The highest BCUT2D eigenvalue weighted by molar-refractivity contribution is 5.89. The average Bonchev–Trinajstić information content (AvgIpc) is 3.40. The molecule has 0 bridgehead atoms. The maximum Gasteiger partial charge on any atom is 0.134 e. The highest BCUT2D eigenvalue weighted by Gasteiger charge is 2.25. The minimum absolute atomic E-state index is 0.336. The van der Waals surface area contributed by atoms with Gasteiger partial charge in [0.05, 0.1) is 12.1 Å². The molecule has 2 aromatic heterocycles. The lowest BCUT2D eigenvalue weighted by Crippen LogP contribution is -1.99. The van der Waals surface area contributed by atoms with Gasteiger partial charge in [-0.05, 0) is 41.3 Å². The Bertz CT molecular complexity index is 1230. The highest BCUT2D eigenvalue weighted by Crippen LogP contribution is 2.41. The summed E-state index contributed by atoms with van der Waals surface area (Å²) in [4.78, 5) is 4.08. The predicted molar refractivity (Wildman–Crippen MR) is 124 cm³/mol. The van der Waals surface area contributed by atoms with E-state index in [2.05, 4.69) is 48.4 Å². The van der Waals surface area contributed by atoms with Gasteiger partial charge in [0, 0.05) is 36.1 Å². The lowest BCUT2D eigenvalue weighted by Gasteiger charge is -2.11. The Morgan fingerprint density at radius 2 is 1.84 bits per heavy atom. The van der Waals surface area contributed by atoms with E-state index >= 15 is 4.39 Å². The number of rotatable bonds is 6. The van der Waals surface area contributed by atoms with E-state index in [0.717, 1.165) is 41.3 Å². The molecular weight excluding hydrogens is 403 g/mol. The maximum absolute atomic E-state index is 15.3. The number of hydrogen-bond donors (Lipinski definition) is 1. The van der Waals surface area contributed by atoms with Crippen molar-refractivity contribution in [3.05, 3.63) is 83.9 Å². The standard InChI is InChI=1S/C26H25FN4O/c1-17(2)19-5-3-18(4-6-19)16-32-21-7-8-22(23(27)15-21)24-25(20-9-11-28-12-10-20)30-31-14-13-29-26(24)31/h3-12,15,17,29H,13-14,16H2,1-2H3. The van der Waals surface area contributed by atoms with Crippen LogP contribution in [-0.2, 0) is 13.2 Å². The van der Waals surface area contributed by atoms with E-state index in [1.54, 1.807) is 18.5 Å². The smallest absolute Gasteiger partial charge is 0.134 e. The van der Waals surface area contributed by atoms with Crippen LogP contribution in [0.2, 0.25) is 0 Å². The number of aromatic nitrogens is 3. The van der Waals surface area contributed by atoms with Crippen LogP contribution in [0.3, 0.4) is 0 Å². The van der Waals surface area contributed by atoms with Gasteiger partial charge in [0.1, 0.15) is 29.7 Å². The highest BCUT2D eigenvalue weighted by atomic mass is 19.1. The van der Waals surface area contributed by atoms with Crippen LogP contribution >= 0.6 is 0 Å². The first kappa shape index (κ1) is 20.2. The predicted octanol–water partition coefficient (Wildman–Crippen LogP) is 5.88. The number of hydrogen-bond acceptors (Lipinski definition) is 4. The summed E-state index contributed by atoms with van der Waals surface area (Å²) in [5.74, 6) is 1.50. The van der Waals surface area contributed by atoms with Crippen molar-refractivity contribution in [2.24, 2.45) is 0 Å². The number of nitrogens with zero attached hydrogens (tertiary/aromatic N) is 3. The second-order valence-electron chi connectivity index (χ2n) is 8.28. The molecule has 1 N–H and O–H groups in total. The first-order chi connectivity index (χ1) is 15.6. The first-order valence-corrected chi connectivity index (χ1v) is 10.9. The van der Waals surface area contributed by atoms with Gasteiger partial charge < -0.3 is 10.1 Å². The largest absolute Gasteiger partial charge is 0.489 e. The maximum atomic E-state index is 15.3. The van der Waals surface area contributed by atoms with Crippen molar-refractivity contribution in [1.82, 2.24) is 14.8 Å². The molecule has 1 aliphatic heterocycles. The zero-order valence-corrected chi connectivity index (χ0v) is 18.2. The van der Waals surface area contributed by atoms with Gasteiger partial charge in [-0.15, -0.1) is 0 Å². The van der Waals surface area contributed by atoms with Crippen LogP contribution in [-0.4, -0.2) is 21.3 Å². The molecular formula is C26H25FN4O. The first-order valence-electron chi connectivity index (χ1n) is 10.9. The van der Waals surface area contributed by atoms with Crippen LogP contribution in [0.1, 0.15) is 30.9 Å². The molecule has 5 nitrogen and oxygen atoms in total. The fraction of sp³-hybridized carbons (Fsp3) is 0.231. The fourth-order valence-electron chi connectivity index (χ4n) is 4.00. The van der Waals surface area contributed by atoms with Crippen LogP contribution < -0.4 is 10.1 Å². The van der Waals surface area contributed by atoms with Crippen LogP contribution in [0, 0.1) is 5.82 Å². The van der Waals surface area contributed by atoms with Crippen molar-refractivity contribution in [2.75, 3.05) is 11.9 Å². The van der Waals surface area contributed by atoms with E-state index in [0.29, 0.717) is 23.8 Å². The van der Waals surface area contributed by atoms with Gasteiger partial charge in [-0.25, -0.2) is 9.07 Å². The SMILES string of the molecule is CC(C)c1ccc(COc2ccc(-c3c(-c4ccncc4)nn4c3NCC4)c(F)c2)cc1. The van der Waals surface area contributed by atoms with Gasteiger partial charge in [-0.3, -0.25) is 4.98 Å². The summed E-state index contributed by atoms with van der Waals surface area (Å²) in [6.45, 7) is 6.27. The van der Waals surface area contributed by atoms with E-state index in [-0.39, 0.29) is 5.82 Å². The summed E-state index contributed by atoms with van der Waals surface area (Å²) in [6, 6.07) is 17.2. The second kappa shape index (κ2) is 8.46. The molecule has 0 radical (unpaired) electrons. The number of halogens is 1. The van der Waals surface area contributed by atoms with Crippen LogP contribution in [0.4, 0.5) is 10.2 Å². The molecule has 0 fully saturated rings. The quantitative estimate of drug-likeness (QED) is 0.417. The molecule has 0 saturated heterocycles. The lowest BCUT2D eigenvalue weighted by molar-refractivity contribution is 0.304. The molecule has 32 heavy (non-hydrogen) atoms. The second-order valence-corrected chi connectivity index (χ2v) is 8.28. The summed E-state index contributed by atoms with van der Waals surface area (Å²) < 4.78 is 23.1. The van der Waals surface area contributed by atoms with Gasteiger partial charge in [-0.2, -0.15) is 5.10 Å². The van der Waals surface area contributed by atoms with E-state index < -0.39 is 0 Å². The number of nitrogens with one attached hydrogen (secondary N) is 1. The molecule has 0 saturated carbocycles. The third-order valence-electron chi connectivity index (χ3n) is 5.78. The topological polar surface area (TPSA) is 52.0 Å². The van der Waals surface area contributed by atoms with Crippen molar-refractivity contribution < 1.29 is 9.13 Å². The normalized spacial score (nSPS) is 12.6. The van der Waals surface area contributed by atoms with Crippen molar-refractivity contribution in [3.63, 3.8) is 0 Å². The van der Waals surface area contributed by atoms with Crippen molar-refractivity contribution in [1.29, 1.82) is 0 Å². The molecule has 0 unspecified atom stereocenters. The minimum Gasteiger partial charge on any atom is -0.489 e. The van der Waals surface area contributed by atoms with E-state index in [1.165, 1.54) is 11.6 Å². The lowest BCUT2D eigenvalue weighted by atomic mass is 10.0. The molecule has 0 amide bonds. The van der Waals surface area contributed by atoms with E-state index in [9.17, 15) is 0 Å². The van der Waals surface area contributed by atoms with Crippen LogP contribution in [0.25, 0.3) is 22.4 Å². The Kier molecular flexibility index (Phi) is 5.35. The molecule has 3 heterocycles. The van der Waals surface area contributed by atoms with Crippen molar-refractivity contribution >= 4 is 5.82 Å². The van der Waals surface area contributed by atoms with Gasteiger partial charge in [-0.1, -0.05) is 38.1 Å². The van der Waals surface area contributed by atoms with E-state index in [1.807, 2.05) is 22.9 Å². The van der Waals surface area contributed by atoms with Crippen molar-refractivity contribution in [2.45, 2.75) is 32.9 Å². The summed E-state index contributed by atoms with van der Waals surface area (Å²) in [6.07, 6.45) is 3.44. The number of ether oxygens (including phenoxy) is 1. The molecule has 0 aliphatic carbocycles. The summed E-state index contributed by atoms with van der Waals surface area (Å²) in [5.41, 5.74) is 5.26. The molecule has 0 spiro atoms. The monoisotopic (exact) mass is 428 g/mol. The fourth-order valence-corrected chi connectivity index (χ4v) is 4.00. The van der Waals surface area contributed by atoms with Crippen molar-refractivity contribution in [3.8, 4) is 28.1 Å². The van der Waals surface area contributed by atoms with Crippen LogP contribution in [0.5, 0.6) is 5.75 Å². The molecule has 1 aliphatic rings. The summed E-state index contributed by atoms with van der Waals surface area (Å²) in [7, 11) is 0. The van der Waals surface area contributed by atoms with Crippen LogP contribution in [0.15, 0.2) is 67.0 Å². The Balaban J connectivity index is 1.42. The number of anilines is 1. The van der Waals surface area contributed by atoms with Gasteiger partial charge in [0.2, 0.25) is 0 Å². The molecule has 162 valence electrons. The average molecular weight is 429 g/mol. The third kappa shape index (κ3) is 3.84. The minimum atomic E-state index is -0.336. The molecule has 2 aromatic carbocycles. The summed E-state index contributed by atoms with van der Waals surface area (Å²) >= 11 is 0. The molecule has 0 atom stereocenters. The number of benzene rings is 2. The molecule has 6 heteroatoms. The Morgan fingerprint density at radius 1 is 1.06 bits per heavy atom. The number of pyridine rings is 1. The Morgan fingerprint density at radius 3 is 2.56 bits per heavy atom.